The van der Waals surface area contributed by atoms with E-state index in [0.717, 1.165) is 29.9 Å². The third-order valence-corrected chi connectivity index (χ3v) is 4.73. The first-order chi connectivity index (χ1) is 12.2. The first kappa shape index (κ1) is 20.5. The Balaban J connectivity index is 1.88. The Morgan fingerprint density at radius 1 is 1.31 bits per heavy atom. The summed E-state index contributed by atoms with van der Waals surface area (Å²) in [5, 5.41) is 10.8. The van der Waals surface area contributed by atoms with Gasteiger partial charge in [0.15, 0.2) is 5.96 Å². The lowest BCUT2D eigenvalue weighted by Crippen LogP contribution is -2.40. The highest BCUT2D eigenvalue weighted by Crippen LogP contribution is 2.22. The van der Waals surface area contributed by atoms with Crippen LogP contribution in [0.15, 0.2) is 4.99 Å². The highest BCUT2D eigenvalue weighted by molar-refractivity contribution is 5.79. The van der Waals surface area contributed by atoms with Crippen LogP contribution in [0.3, 0.4) is 0 Å². The van der Waals surface area contributed by atoms with E-state index in [2.05, 4.69) is 20.7 Å². The predicted molar refractivity (Wildman–Crippen MR) is 96.1 cm³/mol. The summed E-state index contributed by atoms with van der Waals surface area (Å²) in [6.07, 6.45) is -3.36. The minimum atomic E-state index is -4.13. The Morgan fingerprint density at radius 2 is 2.04 bits per heavy atom. The molecule has 9 heteroatoms. The van der Waals surface area contributed by atoms with E-state index in [-0.39, 0.29) is 5.92 Å². The number of nitrogens with one attached hydrogen (secondary N) is 2. The van der Waals surface area contributed by atoms with E-state index in [1.165, 1.54) is 4.90 Å². The molecule has 0 saturated carbocycles. The molecule has 0 aromatic carbocycles. The number of aryl methyl sites for hydroxylation is 2. The molecule has 1 aliphatic rings. The van der Waals surface area contributed by atoms with Gasteiger partial charge < -0.3 is 10.6 Å². The van der Waals surface area contributed by atoms with E-state index >= 15 is 0 Å². The van der Waals surface area contributed by atoms with E-state index in [1.54, 1.807) is 0 Å². The maximum absolute atomic E-state index is 12.5. The van der Waals surface area contributed by atoms with Gasteiger partial charge in [-0.25, -0.2) is 4.99 Å². The topological polar surface area (TPSA) is 57.5 Å². The van der Waals surface area contributed by atoms with Gasteiger partial charge in [0.05, 0.1) is 18.8 Å². The average molecular weight is 374 g/mol. The summed E-state index contributed by atoms with van der Waals surface area (Å²) in [6.45, 7) is 7.96. The maximum Gasteiger partial charge on any atom is 0.401 e. The first-order valence-electron chi connectivity index (χ1n) is 9.00. The van der Waals surface area contributed by atoms with Crippen molar-refractivity contribution in [2.75, 3.05) is 32.7 Å². The number of guanidine groups is 1. The van der Waals surface area contributed by atoms with Gasteiger partial charge in [-0.05, 0) is 39.7 Å². The molecule has 1 aromatic rings. The summed E-state index contributed by atoms with van der Waals surface area (Å²) in [5.41, 5.74) is 3.14. The number of nitrogens with zero attached hydrogens (tertiary/aromatic N) is 4. The normalized spacial score (nSPS) is 19.2. The molecule has 2 rings (SSSR count). The molecule has 0 aliphatic carbocycles. The van der Waals surface area contributed by atoms with Crippen LogP contribution in [0.4, 0.5) is 13.2 Å². The molecule has 6 nitrogen and oxygen atoms in total. The van der Waals surface area contributed by atoms with Gasteiger partial charge in [-0.3, -0.25) is 9.58 Å². The fraction of sp³-hybridized carbons (Fsp3) is 0.765. The van der Waals surface area contributed by atoms with Crippen LogP contribution in [-0.4, -0.2) is 59.5 Å². The second-order valence-electron chi connectivity index (χ2n) is 6.85. The zero-order chi connectivity index (χ0) is 19.3. The molecule has 148 valence electrons. The van der Waals surface area contributed by atoms with Crippen molar-refractivity contribution >= 4 is 5.96 Å². The second-order valence-corrected chi connectivity index (χ2v) is 6.85. The molecule has 1 aliphatic heterocycles. The number of rotatable bonds is 6. The number of alkyl halides is 3. The molecular weight excluding hydrogens is 345 g/mol. The first-order valence-corrected chi connectivity index (χ1v) is 9.00. The van der Waals surface area contributed by atoms with Crippen molar-refractivity contribution in [2.45, 2.75) is 39.9 Å². The van der Waals surface area contributed by atoms with Gasteiger partial charge in [-0.2, -0.15) is 18.3 Å². The molecule has 0 spiro atoms. The van der Waals surface area contributed by atoms with Crippen molar-refractivity contribution in [3.05, 3.63) is 17.0 Å². The Morgan fingerprint density at radius 3 is 2.62 bits per heavy atom. The van der Waals surface area contributed by atoms with Crippen molar-refractivity contribution in [1.82, 2.24) is 25.3 Å². The van der Waals surface area contributed by atoms with Gasteiger partial charge in [0, 0.05) is 37.9 Å². The molecule has 0 bridgehead atoms. The number of likely N-dealkylation sites (tertiary alicyclic amines) is 1. The quantitative estimate of drug-likeness (QED) is 0.591. The van der Waals surface area contributed by atoms with Crippen molar-refractivity contribution in [2.24, 2.45) is 18.0 Å². The van der Waals surface area contributed by atoms with Crippen molar-refractivity contribution < 1.29 is 13.2 Å². The van der Waals surface area contributed by atoms with Crippen LogP contribution in [0.2, 0.25) is 0 Å². The number of hydrogen-bond donors (Lipinski definition) is 2. The van der Waals surface area contributed by atoms with Crippen LogP contribution in [0.25, 0.3) is 0 Å². The standard InChI is InChI=1S/C17H29F3N6/c1-5-21-16(23-9-15-12(2)24-25(4)13(15)3)22-8-14-6-7-26(10-14)11-17(18,19)20/h14H,5-11H2,1-4H3,(H2,21,22,23). The second kappa shape index (κ2) is 8.75. The highest BCUT2D eigenvalue weighted by atomic mass is 19.4. The Labute approximate surface area is 152 Å². The third-order valence-electron chi connectivity index (χ3n) is 4.73. The molecule has 1 saturated heterocycles. The fourth-order valence-electron chi connectivity index (χ4n) is 3.26. The van der Waals surface area contributed by atoms with Gasteiger partial charge in [-0.1, -0.05) is 0 Å². The number of hydrogen-bond acceptors (Lipinski definition) is 3. The molecule has 1 atom stereocenters. The molecule has 2 N–H and O–H groups in total. The molecule has 26 heavy (non-hydrogen) atoms. The molecule has 1 aromatic heterocycles. The van der Waals surface area contributed by atoms with Crippen molar-refractivity contribution in [3.8, 4) is 0 Å². The monoisotopic (exact) mass is 374 g/mol. The third kappa shape index (κ3) is 5.89. The number of halogens is 3. The fourth-order valence-corrected chi connectivity index (χ4v) is 3.26. The minimum Gasteiger partial charge on any atom is -0.357 e. The van der Waals surface area contributed by atoms with Gasteiger partial charge in [-0.15, -0.1) is 0 Å². The number of aromatic nitrogens is 2. The van der Waals surface area contributed by atoms with Crippen LogP contribution >= 0.6 is 0 Å². The zero-order valence-corrected chi connectivity index (χ0v) is 15.9. The summed E-state index contributed by atoms with van der Waals surface area (Å²) in [6, 6.07) is 0. The Bertz CT molecular complexity index is 623. The summed E-state index contributed by atoms with van der Waals surface area (Å²) < 4.78 is 39.3. The van der Waals surface area contributed by atoms with Gasteiger partial charge >= 0.3 is 6.18 Å². The van der Waals surface area contributed by atoms with Crippen LogP contribution < -0.4 is 10.6 Å². The largest absolute Gasteiger partial charge is 0.401 e. The van der Waals surface area contributed by atoms with Gasteiger partial charge in [0.1, 0.15) is 0 Å². The Hall–Kier alpha value is -1.77. The lowest BCUT2D eigenvalue weighted by Gasteiger charge is -2.18. The van der Waals surface area contributed by atoms with E-state index in [1.807, 2.05) is 32.5 Å². The summed E-state index contributed by atoms with van der Waals surface area (Å²) in [7, 11) is 1.91. The van der Waals surface area contributed by atoms with Crippen molar-refractivity contribution in [1.29, 1.82) is 0 Å². The van der Waals surface area contributed by atoms with E-state index in [0.29, 0.717) is 32.1 Å². The van der Waals surface area contributed by atoms with Crippen LogP contribution in [0.1, 0.15) is 30.3 Å². The van der Waals surface area contributed by atoms with Crippen LogP contribution in [0.5, 0.6) is 0 Å². The molecule has 1 fully saturated rings. The Kier molecular flexibility index (Phi) is 6.91. The van der Waals surface area contributed by atoms with Crippen molar-refractivity contribution in [3.63, 3.8) is 0 Å². The molecule has 0 radical (unpaired) electrons. The van der Waals surface area contributed by atoms with Gasteiger partial charge in [0.2, 0.25) is 0 Å². The molecule has 1 unspecified atom stereocenters. The summed E-state index contributed by atoms with van der Waals surface area (Å²) >= 11 is 0. The maximum atomic E-state index is 12.5. The molecular formula is C17H29F3N6. The smallest absolute Gasteiger partial charge is 0.357 e. The van der Waals surface area contributed by atoms with Crippen LogP contribution in [0, 0.1) is 19.8 Å². The molecule has 2 heterocycles. The molecule has 0 amide bonds. The number of aliphatic imine (C=N–C) groups is 1. The van der Waals surface area contributed by atoms with Crippen LogP contribution in [-0.2, 0) is 13.6 Å². The lowest BCUT2D eigenvalue weighted by atomic mass is 10.1. The zero-order valence-electron chi connectivity index (χ0n) is 15.9. The average Bonchev–Trinajstić information content (AvgIpc) is 3.06. The van der Waals surface area contributed by atoms with E-state index in [4.69, 9.17) is 0 Å². The van der Waals surface area contributed by atoms with E-state index in [9.17, 15) is 13.2 Å². The highest BCUT2D eigenvalue weighted by Gasteiger charge is 2.34. The SMILES string of the molecule is CCNC(=NCc1c(C)nn(C)c1C)NCC1CCN(CC(F)(F)F)C1. The lowest BCUT2D eigenvalue weighted by molar-refractivity contribution is -0.143. The predicted octanol–water partition coefficient (Wildman–Crippen LogP) is 1.98. The van der Waals surface area contributed by atoms with E-state index < -0.39 is 12.7 Å². The van der Waals surface area contributed by atoms with Gasteiger partial charge in [0.25, 0.3) is 0 Å². The minimum absolute atomic E-state index is 0.197. The summed E-state index contributed by atoms with van der Waals surface area (Å²) in [4.78, 5) is 6.08. The summed E-state index contributed by atoms with van der Waals surface area (Å²) in [5.74, 6) is 0.882.